The molecule has 166 valence electrons. The lowest BCUT2D eigenvalue weighted by molar-refractivity contribution is 0.0957. The molecule has 0 aromatic carbocycles. The molecule has 2 aromatic rings. The molecule has 0 aliphatic carbocycles. The monoisotopic (exact) mass is 432 g/mol. The molecule has 2 aromatic heterocycles. The Morgan fingerprint density at radius 2 is 1.97 bits per heavy atom. The minimum absolute atomic E-state index is 0.0314. The summed E-state index contributed by atoms with van der Waals surface area (Å²) in [5.41, 5.74) is 0.798. The van der Waals surface area contributed by atoms with E-state index in [2.05, 4.69) is 25.5 Å². The second kappa shape index (κ2) is 10.0. The third kappa shape index (κ3) is 5.79. The van der Waals surface area contributed by atoms with Gasteiger partial charge in [0.1, 0.15) is 11.5 Å². The van der Waals surface area contributed by atoms with E-state index >= 15 is 0 Å². The molecule has 0 unspecified atom stereocenters. The predicted molar refractivity (Wildman–Crippen MR) is 113 cm³/mol. The van der Waals surface area contributed by atoms with Gasteiger partial charge in [-0.25, -0.2) is 9.78 Å². The highest BCUT2D eigenvalue weighted by atomic mass is 19.1. The third-order valence-electron chi connectivity index (χ3n) is 4.82. The van der Waals surface area contributed by atoms with Gasteiger partial charge in [0.15, 0.2) is 0 Å². The predicted octanol–water partition coefficient (Wildman–Crippen LogP) is 1.16. The van der Waals surface area contributed by atoms with E-state index in [0.717, 1.165) is 5.56 Å². The molecule has 0 atom stereocenters. The van der Waals surface area contributed by atoms with Gasteiger partial charge in [-0.3, -0.25) is 19.8 Å². The number of rotatable bonds is 6. The summed E-state index contributed by atoms with van der Waals surface area (Å²) in [6.07, 6.45) is -0.637. The highest BCUT2D eigenvalue weighted by Gasteiger charge is 2.21. The van der Waals surface area contributed by atoms with Gasteiger partial charge in [-0.2, -0.15) is 4.39 Å². The summed E-state index contributed by atoms with van der Waals surface area (Å²) >= 11 is 0. The summed E-state index contributed by atoms with van der Waals surface area (Å²) in [6, 6.07) is 6.22. The van der Waals surface area contributed by atoms with Crippen molar-refractivity contribution in [2.45, 2.75) is 13.5 Å². The summed E-state index contributed by atoms with van der Waals surface area (Å²) in [4.78, 5) is 45.4. The van der Waals surface area contributed by atoms with E-state index in [1.54, 1.807) is 19.1 Å². The van der Waals surface area contributed by atoms with Crippen molar-refractivity contribution in [2.24, 2.45) is 0 Å². The van der Waals surface area contributed by atoms with Gasteiger partial charge in [-0.15, -0.1) is 0 Å². The molecule has 1 fully saturated rings. The van der Waals surface area contributed by atoms with Crippen molar-refractivity contribution in [3.63, 3.8) is 0 Å². The number of hydrogen-bond donors (Lipinski definition) is 3. The van der Waals surface area contributed by atoms with Crippen LogP contribution in [0.15, 0.2) is 29.1 Å². The molecule has 2 amide bonds. The first kappa shape index (κ1) is 22.2. The molecule has 1 aliphatic rings. The van der Waals surface area contributed by atoms with Crippen molar-refractivity contribution in [3.05, 3.63) is 51.8 Å². The fourth-order valence-corrected chi connectivity index (χ4v) is 3.36. The molecule has 3 N–H and O–H groups in total. The number of halogens is 1. The van der Waals surface area contributed by atoms with E-state index in [1.165, 1.54) is 19.2 Å². The molecule has 11 heteroatoms. The number of carbonyl (C=O) groups excluding carboxylic acids is 2. The minimum atomic E-state index is -0.682. The third-order valence-corrected chi connectivity index (χ3v) is 4.82. The first-order valence-electron chi connectivity index (χ1n) is 9.92. The Balaban J connectivity index is 1.60. The zero-order chi connectivity index (χ0) is 22.4. The van der Waals surface area contributed by atoms with E-state index in [1.807, 2.05) is 4.90 Å². The zero-order valence-corrected chi connectivity index (χ0v) is 17.4. The van der Waals surface area contributed by atoms with Crippen molar-refractivity contribution in [1.29, 1.82) is 0 Å². The van der Waals surface area contributed by atoms with E-state index in [4.69, 9.17) is 4.74 Å². The summed E-state index contributed by atoms with van der Waals surface area (Å²) in [5.74, 6) is -0.854. The van der Waals surface area contributed by atoms with Crippen LogP contribution >= 0.6 is 0 Å². The lowest BCUT2D eigenvalue weighted by Crippen LogP contribution is -2.46. The molecular weight excluding hydrogens is 407 g/mol. The average Bonchev–Trinajstić information content (AvgIpc) is 2.73. The Bertz CT molecular complexity index is 1000. The molecule has 31 heavy (non-hydrogen) atoms. The maximum atomic E-state index is 14.4. The van der Waals surface area contributed by atoms with Gasteiger partial charge < -0.3 is 19.9 Å². The van der Waals surface area contributed by atoms with Crippen LogP contribution in [0.4, 0.5) is 20.7 Å². The van der Waals surface area contributed by atoms with Gasteiger partial charge >= 0.3 is 6.09 Å². The first-order valence-corrected chi connectivity index (χ1v) is 9.92. The largest absolute Gasteiger partial charge is 0.450 e. The molecule has 0 spiro atoms. The quantitative estimate of drug-likeness (QED) is 0.586. The zero-order valence-electron chi connectivity index (χ0n) is 17.4. The second-order valence-corrected chi connectivity index (χ2v) is 6.96. The van der Waals surface area contributed by atoms with Crippen molar-refractivity contribution < 1.29 is 18.7 Å². The van der Waals surface area contributed by atoms with Crippen molar-refractivity contribution >= 4 is 23.5 Å². The molecule has 0 bridgehead atoms. The normalized spacial score (nSPS) is 14.2. The van der Waals surface area contributed by atoms with Crippen LogP contribution in [-0.4, -0.2) is 66.7 Å². The molecule has 0 radical (unpaired) electrons. The number of aromatic nitrogens is 2. The summed E-state index contributed by atoms with van der Waals surface area (Å²) in [5, 5.41) is 4.91. The number of nitrogens with one attached hydrogen (secondary N) is 3. The summed E-state index contributed by atoms with van der Waals surface area (Å²) in [7, 11) is 1.46. The average molecular weight is 432 g/mol. The lowest BCUT2D eigenvalue weighted by atomic mass is 10.2. The van der Waals surface area contributed by atoms with Gasteiger partial charge in [0.25, 0.3) is 5.91 Å². The van der Waals surface area contributed by atoms with Crippen LogP contribution in [-0.2, 0) is 11.3 Å². The van der Waals surface area contributed by atoms with E-state index in [0.29, 0.717) is 38.4 Å². The number of hydrogen-bond acceptors (Lipinski definition) is 7. The second-order valence-electron chi connectivity index (χ2n) is 6.96. The van der Waals surface area contributed by atoms with Crippen LogP contribution in [0, 0.1) is 5.95 Å². The smallest absolute Gasteiger partial charge is 0.412 e. The summed E-state index contributed by atoms with van der Waals surface area (Å²) in [6.45, 7) is 4.84. The Kier molecular flexibility index (Phi) is 7.19. The van der Waals surface area contributed by atoms with E-state index < -0.39 is 17.9 Å². The minimum Gasteiger partial charge on any atom is -0.450 e. The molecule has 1 saturated heterocycles. The van der Waals surface area contributed by atoms with Crippen molar-refractivity contribution in [1.82, 2.24) is 20.2 Å². The fourth-order valence-electron chi connectivity index (χ4n) is 3.36. The van der Waals surface area contributed by atoms with Crippen LogP contribution in [0.1, 0.15) is 23.0 Å². The molecule has 3 heterocycles. The number of anilines is 2. The number of carbonyl (C=O) groups is 2. The Hall–Kier alpha value is -3.47. The number of piperazine rings is 1. The number of pyridine rings is 2. The van der Waals surface area contributed by atoms with E-state index in [-0.39, 0.29) is 23.7 Å². The van der Waals surface area contributed by atoms with Gasteiger partial charge in [0, 0.05) is 45.8 Å². The number of ether oxygens (including phenoxy) is 1. The van der Waals surface area contributed by atoms with Gasteiger partial charge in [-0.05, 0) is 30.7 Å². The van der Waals surface area contributed by atoms with Crippen molar-refractivity contribution in [3.8, 4) is 0 Å². The highest BCUT2D eigenvalue weighted by Crippen LogP contribution is 2.20. The topological polar surface area (TPSA) is 120 Å². The van der Waals surface area contributed by atoms with Crippen molar-refractivity contribution in [2.75, 3.05) is 50.1 Å². The van der Waals surface area contributed by atoms with Crippen LogP contribution in [0.3, 0.4) is 0 Å². The highest BCUT2D eigenvalue weighted by molar-refractivity contribution is 5.92. The molecular formula is C20H25FN6O4. The standard InChI is InChI=1S/C20H25FN6O4/c1-3-31-20(30)25-16-10-13(11-17(28)24-16)12-26-6-8-27(9-7-26)15-5-4-14(19(29)22-2)23-18(15)21/h4-5,10-11H,3,6-9,12H2,1-2H3,(H,22,29)(H2,24,25,28,30). The summed E-state index contributed by atoms with van der Waals surface area (Å²) < 4.78 is 19.2. The van der Waals surface area contributed by atoms with Crippen LogP contribution in [0.25, 0.3) is 0 Å². The maximum Gasteiger partial charge on any atom is 0.412 e. The fraction of sp³-hybridized carbons (Fsp3) is 0.400. The molecule has 10 nitrogen and oxygen atoms in total. The first-order chi connectivity index (χ1) is 14.9. The number of amides is 2. The van der Waals surface area contributed by atoms with Gasteiger partial charge in [0.2, 0.25) is 11.5 Å². The Morgan fingerprint density at radius 3 is 2.61 bits per heavy atom. The van der Waals surface area contributed by atoms with Gasteiger partial charge in [-0.1, -0.05) is 0 Å². The van der Waals surface area contributed by atoms with Crippen LogP contribution in [0.5, 0.6) is 0 Å². The lowest BCUT2D eigenvalue weighted by Gasteiger charge is -2.36. The van der Waals surface area contributed by atoms with Gasteiger partial charge in [0.05, 0.1) is 12.3 Å². The molecule has 3 rings (SSSR count). The number of nitrogens with zero attached hydrogens (tertiary/aromatic N) is 3. The molecule has 0 saturated carbocycles. The van der Waals surface area contributed by atoms with Crippen LogP contribution in [0.2, 0.25) is 0 Å². The number of H-pyrrole nitrogens is 1. The van der Waals surface area contributed by atoms with Crippen LogP contribution < -0.4 is 21.1 Å². The Labute approximate surface area is 178 Å². The van der Waals surface area contributed by atoms with E-state index in [9.17, 15) is 18.8 Å². The SMILES string of the molecule is CCOC(=O)Nc1cc(CN2CCN(c3ccc(C(=O)NC)nc3F)CC2)cc(=O)[nH]1. The maximum absolute atomic E-state index is 14.4. The number of aromatic amines is 1. The Morgan fingerprint density at radius 1 is 1.23 bits per heavy atom. The molecule has 1 aliphatic heterocycles.